The number of carbonyl (C=O) groups excluding carboxylic acids is 1. The molecule has 1 amide bonds. The molecule has 0 unspecified atom stereocenters. The number of cyclic esters (lactones) is 1. The van der Waals surface area contributed by atoms with Crippen LogP contribution in [0.25, 0.3) is 0 Å². The van der Waals surface area contributed by atoms with Crippen LogP contribution in [0.5, 0.6) is 0 Å². The van der Waals surface area contributed by atoms with Gasteiger partial charge in [-0.3, -0.25) is 4.90 Å². The quantitative estimate of drug-likeness (QED) is 0.858. The van der Waals surface area contributed by atoms with Crippen molar-refractivity contribution in [2.24, 2.45) is 0 Å². The summed E-state index contributed by atoms with van der Waals surface area (Å²) >= 11 is 0. The van der Waals surface area contributed by atoms with Crippen molar-refractivity contribution < 1.29 is 18.7 Å². The molecule has 0 spiro atoms. The van der Waals surface area contributed by atoms with E-state index in [1.165, 1.54) is 11.0 Å². The highest BCUT2D eigenvalue weighted by atomic mass is 19.1. The highest BCUT2D eigenvalue weighted by Gasteiger charge is 2.32. The molecule has 0 aromatic heterocycles. The topological polar surface area (TPSA) is 42.0 Å². The molecule has 0 bridgehead atoms. The fourth-order valence-electron chi connectivity index (χ4n) is 2.93. The molecule has 2 aliphatic rings. The van der Waals surface area contributed by atoms with Crippen molar-refractivity contribution in [2.45, 2.75) is 25.9 Å². The molecule has 0 radical (unpaired) electrons. The van der Waals surface area contributed by atoms with Crippen LogP contribution in [-0.2, 0) is 9.47 Å². The van der Waals surface area contributed by atoms with Crippen LogP contribution in [0.3, 0.4) is 0 Å². The number of morpholine rings is 1. The van der Waals surface area contributed by atoms with Gasteiger partial charge in [0.05, 0.1) is 31.1 Å². The fourth-order valence-corrected chi connectivity index (χ4v) is 2.93. The minimum absolute atomic E-state index is 0.0977. The third-order valence-corrected chi connectivity index (χ3v) is 4.08. The smallest absolute Gasteiger partial charge is 0.414 e. The first kappa shape index (κ1) is 15.1. The number of ether oxygens (including phenoxy) is 2. The number of amides is 1. The summed E-state index contributed by atoms with van der Waals surface area (Å²) in [6.07, 6.45) is 1.30. The molecule has 2 fully saturated rings. The van der Waals surface area contributed by atoms with Crippen LogP contribution in [0.1, 0.15) is 19.8 Å². The van der Waals surface area contributed by atoms with E-state index in [2.05, 4.69) is 0 Å². The Morgan fingerprint density at radius 3 is 2.77 bits per heavy atom. The molecule has 2 heterocycles. The molecule has 0 aliphatic carbocycles. The first-order valence-corrected chi connectivity index (χ1v) is 7.79. The normalized spacial score (nSPS) is 22.1. The van der Waals surface area contributed by atoms with Gasteiger partial charge < -0.3 is 14.4 Å². The molecular weight excluding hydrogens is 287 g/mol. The third-order valence-electron chi connectivity index (χ3n) is 4.08. The summed E-state index contributed by atoms with van der Waals surface area (Å²) in [4.78, 5) is 15.4. The van der Waals surface area contributed by atoms with Crippen molar-refractivity contribution >= 4 is 17.5 Å². The standard InChI is InChI=1S/C16H21FN2O3/c1-2-3-13-11-19(16(20)22-13)12-4-5-15(14(17)10-12)18-6-8-21-9-7-18/h4-5,10,13H,2-3,6-9,11H2,1H3/t13-/m0/s1. The number of halogens is 1. The maximum absolute atomic E-state index is 14.4. The van der Waals surface area contributed by atoms with E-state index in [-0.39, 0.29) is 11.9 Å². The second-order valence-corrected chi connectivity index (χ2v) is 5.64. The van der Waals surface area contributed by atoms with E-state index in [0.717, 1.165) is 12.8 Å². The van der Waals surface area contributed by atoms with Gasteiger partial charge in [0.2, 0.25) is 0 Å². The van der Waals surface area contributed by atoms with Gasteiger partial charge >= 0.3 is 6.09 Å². The van der Waals surface area contributed by atoms with Gasteiger partial charge in [-0.15, -0.1) is 0 Å². The SMILES string of the molecule is CCC[C@H]1CN(c2ccc(N3CCOCC3)c(F)c2)C(=O)O1. The van der Waals surface area contributed by atoms with Crippen molar-refractivity contribution in [2.75, 3.05) is 42.6 Å². The molecule has 6 heteroatoms. The molecule has 1 aromatic carbocycles. The predicted octanol–water partition coefficient (Wildman–Crippen LogP) is 2.79. The van der Waals surface area contributed by atoms with E-state index in [4.69, 9.17) is 9.47 Å². The maximum atomic E-state index is 14.4. The van der Waals surface area contributed by atoms with E-state index < -0.39 is 6.09 Å². The summed E-state index contributed by atoms with van der Waals surface area (Å²) in [5.74, 6) is -0.314. The summed E-state index contributed by atoms with van der Waals surface area (Å²) < 4.78 is 25.0. The molecule has 0 N–H and O–H groups in total. The van der Waals surface area contributed by atoms with E-state index in [1.54, 1.807) is 12.1 Å². The number of benzene rings is 1. The Kier molecular flexibility index (Phi) is 4.47. The average molecular weight is 308 g/mol. The summed E-state index contributed by atoms with van der Waals surface area (Å²) in [5.41, 5.74) is 1.11. The molecule has 3 rings (SSSR count). The summed E-state index contributed by atoms with van der Waals surface area (Å²) in [7, 11) is 0. The molecule has 22 heavy (non-hydrogen) atoms. The Morgan fingerprint density at radius 2 is 2.09 bits per heavy atom. The van der Waals surface area contributed by atoms with Crippen LogP contribution < -0.4 is 9.80 Å². The highest BCUT2D eigenvalue weighted by Crippen LogP contribution is 2.29. The lowest BCUT2D eigenvalue weighted by Gasteiger charge is -2.29. The number of nitrogens with zero attached hydrogens (tertiary/aromatic N) is 2. The van der Waals surface area contributed by atoms with Crippen molar-refractivity contribution in [3.8, 4) is 0 Å². The average Bonchev–Trinajstić information content (AvgIpc) is 2.89. The third kappa shape index (κ3) is 3.02. The van der Waals surface area contributed by atoms with E-state index in [0.29, 0.717) is 44.2 Å². The first-order chi connectivity index (χ1) is 10.7. The van der Waals surface area contributed by atoms with Crippen LogP contribution in [0.4, 0.5) is 20.6 Å². The predicted molar refractivity (Wildman–Crippen MR) is 82.0 cm³/mol. The minimum atomic E-state index is -0.392. The molecule has 1 atom stereocenters. The van der Waals surface area contributed by atoms with Gasteiger partial charge in [0.15, 0.2) is 0 Å². The Bertz CT molecular complexity index is 546. The lowest BCUT2D eigenvalue weighted by molar-refractivity contribution is 0.122. The van der Waals surface area contributed by atoms with Gasteiger partial charge in [-0.05, 0) is 24.6 Å². The van der Waals surface area contributed by atoms with Gasteiger partial charge in [0.25, 0.3) is 0 Å². The zero-order chi connectivity index (χ0) is 15.5. The van der Waals surface area contributed by atoms with Crippen molar-refractivity contribution in [3.63, 3.8) is 0 Å². The van der Waals surface area contributed by atoms with Crippen LogP contribution in [0.2, 0.25) is 0 Å². The van der Waals surface area contributed by atoms with Gasteiger partial charge in [0.1, 0.15) is 11.9 Å². The number of rotatable bonds is 4. The monoisotopic (exact) mass is 308 g/mol. The molecule has 2 saturated heterocycles. The molecular formula is C16H21FN2O3. The van der Waals surface area contributed by atoms with Crippen LogP contribution in [0.15, 0.2) is 18.2 Å². The summed E-state index contributed by atoms with van der Waals surface area (Å²) in [5, 5.41) is 0. The number of hydrogen-bond donors (Lipinski definition) is 0. The zero-order valence-electron chi connectivity index (χ0n) is 12.8. The van der Waals surface area contributed by atoms with Crippen molar-refractivity contribution in [1.29, 1.82) is 0 Å². The van der Waals surface area contributed by atoms with Crippen molar-refractivity contribution in [1.82, 2.24) is 0 Å². The van der Waals surface area contributed by atoms with E-state index in [1.807, 2.05) is 11.8 Å². The lowest BCUT2D eigenvalue weighted by atomic mass is 10.2. The van der Waals surface area contributed by atoms with E-state index >= 15 is 0 Å². The summed E-state index contributed by atoms with van der Waals surface area (Å²) in [6.45, 7) is 5.12. The Labute approximate surface area is 129 Å². The number of carbonyl (C=O) groups is 1. The first-order valence-electron chi connectivity index (χ1n) is 7.79. The number of anilines is 2. The zero-order valence-corrected chi connectivity index (χ0v) is 12.8. The second kappa shape index (κ2) is 6.52. The molecule has 1 aromatic rings. The fraction of sp³-hybridized carbons (Fsp3) is 0.562. The Morgan fingerprint density at radius 1 is 1.32 bits per heavy atom. The second-order valence-electron chi connectivity index (χ2n) is 5.64. The van der Waals surface area contributed by atoms with Gasteiger partial charge in [-0.1, -0.05) is 13.3 Å². The lowest BCUT2D eigenvalue weighted by Crippen LogP contribution is -2.36. The summed E-state index contributed by atoms with van der Waals surface area (Å²) in [6, 6.07) is 4.93. The number of hydrogen-bond acceptors (Lipinski definition) is 4. The Hall–Kier alpha value is -1.82. The van der Waals surface area contributed by atoms with Crippen molar-refractivity contribution in [3.05, 3.63) is 24.0 Å². The van der Waals surface area contributed by atoms with Crippen LogP contribution in [-0.4, -0.2) is 45.0 Å². The van der Waals surface area contributed by atoms with Gasteiger partial charge in [-0.2, -0.15) is 0 Å². The minimum Gasteiger partial charge on any atom is -0.444 e. The Balaban J connectivity index is 1.75. The molecule has 0 saturated carbocycles. The van der Waals surface area contributed by atoms with Gasteiger partial charge in [0, 0.05) is 13.1 Å². The molecule has 120 valence electrons. The van der Waals surface area contributed by atoms with E-state index in [9.17, 15) is 9.18 Å². The van der Waals surface area contributed by atoms with Crippen LogP contribution >= 0.6 is 0 Å². The largest absolute Gasteiger partial charge is 0.444 e. The highest BCUT2D eigenvalue weighted by molar-refractivity contribution is 5.90. The van der Waals surface area contributed by atoms with Crippen LogP contribution in [0, 0.1) is 5.82 Å². The molecule has 5 nitrogen and oxygen atoms in total. The van der Waals surface area contributed by atoms with Gasteiger partial charge in [-0.25, -0.2) is 9.18 Å². The molecule has 2 aliphatic heterocycles. The maximum Gasteiger partial charge on any atom is 0.414 e.